The first kappa shape index (κ1) is 25.2. The number of nitrogens with two attached hydrogens (primary N) is 1. The standard InChI is InChI=1S/C15H18N4O12P2/c1-15(23)11(22)8(5-29-33(27,28)31-32(24,25)26)30-14(15)19-4-7(2-3-9(20)21)10-12(16)17-6-18-13(10)19/h4,6,8,11,14,22-23H,5H2,1H3,(H,20,21)(H,27,28)(H2,16,17,18)(H2,24,25,26)/t8-,11-,14-,15-/m1/s1. The number of carboxylic acids is 1. The largest absolute Gasteiger partial charge is 0.481 e. The van der Waals surface area contributed by atoms with E-state index in [1.807, 2.05) is 5.92 Å². The second-order valence-electron chi connectivity index (χ2n) is 7.00. The van der Waals surface area contributed by atoms with Crippen LogP contribution in [0.1, 0.15) is 18.7 Å². The van der Waals surface area contributed by atoms with Crippen LogP contribution in [0.4, 0.5) is 5.82 Å². The third-order valence-electron chi connectivity index (χ3n) is 4.56. The Hall–Kier alpha value is -2.41. The SMILES string of the molecule is C[C@@]1(O)[C@H](O)[C@@H](COP(=O)(O)OP(=O)(O)O)O[C@H]1n1cc(C#CC(=O)O)c2c(N)ncnc21. The van der Waals surface area contributed by atoms with Gasteiger partial charge in [-0.05, 0) is 6.92 Å². The molecule has 33 heavy (non-hydrogen) atoms. The first-order valence-electron chi connectivity index (χ1n) is 8.78. The molecule has 1 unspecified atom stereocenters. The van der Waals surface area contributed by atoms with Gasteiger partial charge >= 0.3 is 21.6 Å². The molecule has 0 spiro atoms. The minimum Gasteiger partial charge on any atom is -0.472 e. The van der Waals surface area contributed by atoms with E-state index in [1.165, 1.54) is 17.7 Å². The molecule has 1 aliphatic heterocycles. The number of aromatic nitrogens is 3. The van der Waals surface area contributed by atoms with Crippen LogP contribution in [-0.2, 0) is 27.5 Å². The van der Waals surface area contributed by atoms with Crippen LogP contribution in [0.15, 0.2) is 12.5 Å². The average Bonchev–Trinajstić information content (AvgIpc) is 3.13. The molecular weight excluding hydrogens is 490 g/mol. The van der Waals surface area contributed by atoms with E-state index in [0.717, 1.165) is 6.33 Å². The van der Waals surface area contributed by atoms with E-state index >= 15 is 0 Å². The van der Waals surface area contributed by atoms with Crippen molar-refractivity contribution in [3.05, 3.63) is 18.1 Å². The smallest absolute Gasteiger partial charge is 0.472 e. The lowest BCUT2D eigenvalue weighted by atomic mass is 9.96. The number of fused-ring (bicyclic) bond motifs is 1. The Bertz CT molecular complexity index is 1240. The number of nitrogens with zero attached hydrogens (tertiary/aromatic N) is 3. The summed E-state index contributed by atoms with van der Waals surface area (Å²) in [4.78, 5) is 45.4. The third-order valence-corrected chi connectivity index (χ3v) is 6.71. The summed E-state index contributed by atoms with van der Waals surface area (Å²) < 4.78 is 37.3. The number of aliphatic hydroxyl groups excluding tert-OH is 1. The molecule has 1 saturated heterocycles. The predicted molar refractivity (Wildman–Crippen MR) is 106 cm³/mol. The predicted octanol–water partition coefficient (Wildman–Crippen LogP) is -1.31. The summed E-state index contributed by atoms with van der Waals surface area (Å²) in [6, 6.07) is 0. The van der Waals surface area contributed by atoms with Crippen LogP contribution in [0.25, 0.3) is 11.0 Å². The Morgan fingerprint density at radius 3 is 2.64 bits per heavy atom. The van der Waals surface area contributed by atoms with Crippen LogP contribution >= 0.6 is 15.6 Å². The van der Waals surface area contributed by atoms with Gasteiger partial charge in [0.25, 0.3) is 0 Å². The zero-order valence-corrected chi connectivity index (χ0v) is 18.3. The van der Waals surface area contributed by atoms with E-state index in [-0.39, 0.29) is 22.4 Å². The quantitative estimate of drug-likeness (QED) is 0.176. The van der Waals surface area contributed by atoms with Gasteiger partial charge in [0.1, 0.15) is 35.6 Å². The molecule has 0 radical (unpaired) electrons. The molecule has 16 nitrogen and oxygen atoms in total. The van der Waals surface area contributed by atoms with Gasteiger partial charge in [0.15, 0.2) is 6.23 Å². The number of ether oxygens (including phenoxy) is 1. The number of rotatable bonds is 6. The van der Waals surface area contributed by atoms with Crippen molar-refractivity contribution in [1.29, 1.82) is 0 Å². The summed E-state index contributed by atoms with van der Waals surface area (Å²) in [5.41, 5.74) is 3.93. The minimum atomic E-state index is -5.37. The summed E-state index contributed by atoms with van der Waals surface area (Å²) in [7, 11) is -10.6. The van der Waals surface area contributed by atoms with E-state index in [4.69, 9.17) is 25.4 Å². The topological polar surface area (TPSA) is 257 Å². The number of phosphoric ester groups is 1. The fraction of sp³-hybridized carbons (Fsp3) is 0.400. The van der Waals surface area contributed by atoms with Gasteiger partial charge in [0, 0.05) is 12.1 Å². The molecule has 8 N–H and O–H groups in total. The molecule has 3 rings (SSSR count). The van der Waals surface area contributed by atoms with Crippen LogP contribution in [0.2, 0.25) is 0 Å². The molecular formula is C15H18N4O12P2. The highest BCUT2D eigenvalue weighted by Gasteiger charge is 2.54. The summed E-state index contributed by atoms with van der Waals surface area (Å²) >= 11 is 0. The molecule has 1 aliphatic rings. The number of anilines is 1. The van der Waals surface area contributed by atoms with Crippen molar-refractivity contribution in [2.45, 2.75) is 31.0 Å². The van der Waals surface area contributed by atoms with Crippen LogP contribution in [0, 0.1) is 11.8 Å². The lowest BCUT2D eigenvalue weighted by molar-refractivity contribution is -0.130. The van der Waals surface area contributed by atoms with E-state index in [0.29, 0.717) is 0 Å². The number of hydrogen-bond acceptors (Lipinski definition) is 11. The average molecular weight is 508 g/mol. The number of aliphatic carboxylic acids is 1. The van der Waals surface area contributed by atoms with Gasteiger partial charge in [-0.1, -0.05) is 5.92 Å². The second kappa shape index (κ2) is 8.75. The van der Waals surface area contributed by atoms with Gasteiger partial charge in [0.05, 0.1) is 17.6 Å². The number of carbonyl (C=O) groups is 1. The van der Waals surface area contributed by atoms with Crippen LogP contribution < -0.4 is 5.73 Å². The Labute approximate surface area is 184 Å². The zero-order chi connectivity index (χ0) is 24.8. The summed E-state index contributed by atoms with van der Waals surface area (Å²) in [5, 5.41) is 30.3. The van der Waals surface area contributed by atoms with Gasteiger partial charge in [0.2, 0.25) is 0 Å². The van der Waals surface area contributed by atoms with Crippen molar-refractivity contribution >= 4 is 38.5 Å². The number of carboxylic acid groups (broad SMARTS) is 1. The molecule has 18 heteroatoms. The number of nitrogen functional groups attached to an aromatic ring is 1. The highest BCUT2D eigenvalue weighted by molar-refractivity contribution is 7.60. The molecule has 2 aromatic heterocycles. The summed E-state index contributed by atoms with van der Waals surface area (Å²) in [5.74, 6) is 2.81. The second-order valence-corrected chi connectivity index (χ2v) is 9.83. The first-order chi connectivity index (χ1) is 15.1. The number of phosphoric acid groups is 2. The van der Waals surface area contributed by atoms with Crippen LogP contribution in [0.3, 0.4) is 0 Å². The minimum absolute atomic E-state index is 0.0534. The highest BCUT2D eigenvalue weighted by Crippen LogP contribution is 2.58. The van der Waals surface area contributed by atoms with Crippen LogP contribution in [-0.4, -0.2) is 74.9 Å². The maximum Gasteiger partial charge on any atom is 0.481 e. The van der Waals surface area contributed by atoms with Gasteiger partial charge in [-0.2, -0.15) is 4.31 Å². The first-order valence-corrected chi connectivity index (χ1v) is 11.8. The fourth-order valence-electron chi connectivity index (χ4n) is 3.21. The molecule has 0 aromatic carbocycles. The maximum absolute atomic E-state index is 11.7. The molecule has 0 bridgehead atoms. The Balaban J connectivity index is 1.95. The number of hydrogen-bond donors (Lipinski definition) is 7. The van der Waals surface area contributed by atoms with Gasteiger partial charge in [-0.25, -0.2) is 23.9 Å². The van der Waals surface area contributed by atoms with Crippen molar-refractivity contribution in [3.8, 4) is 11.8 Å². The molecule has 180 valence electrons. The molecule has 1 fully saturated rings. The van der Waals surface area contributed by atoms with Crippen molar-refractivity contribution in [1.82, 2.24) is 14.5 Å². The van der Waals surface area contributed by atoms with Gasteiger partial charge in [-0.3, -0.25) is 4.52 Å². The zero-order valence-electron chi connectivity index (χ0n) is 16.5. The van der Waals surface area contributed by atoms with Gasteiger partial charge < -0.3 is 45.0 Å². The molecule has 2 aromatic rings. The monoisotopic (exact) mass is 508 g/mol. The molecule has 3 heterocycles. The van der Waals surface area contributed by atoms with E-state index < -0.39 is 52.3 Å². The van der Waals surface area contributed by atoms with E-state index in [2.05, 4.69) is 24.7 Å². The Morgan fingerprint density at radius 2 is 2.03 bits per heavy atom. The summed E-state index contributed by atoms with van der Waals surface area (Å²) in [6.07, 6.45) is -2.28. The molecule has 0 aliphatic carbocycles. The lowest BCUT2D eigenvalue weighted by Crippen LogP contribution is -2.44. The fourth-order valence-corrected chi connectivity index (χ4v) is 4.81. The normalized spacial score (nSPS) is 27.2. The molecule has 0 amide bonds. The van der Waals surface area contributed by atoms with Crippen molar-refractivity contribution in [3.63, 3.8) is 0 Å². The van der Waals surface area contributed by atoms with Gasteiger partial charge in [-0.15, -0.1) is 0 Å². The molecule has 0 saturated carbocycles. The van der Waals surface area contributed by atoms with E-state index in [9.17, 15) is 29.0 Å². The van der Waals surface area contributed by atoms with Crippen molar-refractivity contribution in [2.75, 3.05) is 12.3 Å². The molecule has 5 atom stereocenters. The Kier molecular flexibility index (Phi) is 6.68. The maximum atomic E-state index is 11.7. The van der Waals surface area contributed by atoms with Crippen molar-refractivity contribution in [2.24, 2.45) is 0 Å². The van der Waals surface area contributed by atoms with E-state index in [1.54, 1.807) is 0 Å². The third kappa shape index (κ3) is 5.40. The summed E-state index contributed by atoms with van der Waals surface area (Å²) in [6.45, 7) is 0.260. The number of aliphatic hydroxyl groups is 2. The Morgan fingerprint density at radius 1 is 1.36 bits per heavy atom. The highest BCUT2D eigenvalue weighted by atomic mass is 31.3. The van der Waals surface area contributed by atoms with Crippen LogP contribution in [0.5, 0.6) is 0 Å². The van der Waals surface area contributed by atoms with Crippen molar-refractivity contribution < 1.29 is 57.5 Å². The lowest BCUT2D eigenvalue weighted by Gasteiger charge is -2.27.